The standard InChI is InChI=1S/C9H5BrFNOS/c10-5-1-2-7(11)6(3-5)8-4-14-9(13)12-8/h1-4H,(H,12,13). The summed E-state index contributed by atoms with van der Waals surface area (Å²) < 4.78 is 14.1. The van der Waals surface area contributed by atoms with Gasteiger partial charge in [-0.25, -0.2) is 4.39 Å². The van der Waals surface area contributed by atoms with Gasteiger partial charge in [0.2, 0.25) is 0 Å². The lowest BCUT2D eigenvalue weighted by molar-refractivity contribution is 0.630. The Morgan fingerprint density at radius 3 is 2.86 bits per heavy atom. The van der Waals surface area contributed by atoms with Crippen LogP contribution in [0.4, 0.5) is 4.39 Å². The highest BCUT2D eigenvalue weighted by Gasteiger charge is 2.07. The first-order chi connectivity index (χ1) is 6.66. The summed E-state index contributed by atoms with van der Waals surface area (Å²) in [6, 6.07) is 4.60. The second kappa shape index (κ2) is 3.67. The second-order valence-electron chi connectivity index (χ2n) is 2.69. The van der Waals surface area contributed by atoms with Crippen molar-refractivity contribution in [2.75, 3.05) is 0 Å². The molecule has 2 aromatic rings. The maximum absolute atomic E-state index is 13.3. The zero-order valence-corrected chi connectivity index (χ0v) is 9.28. The van der Waals surface area contributed by atoms with E-state index in [-0.39, 0.29) is 10.7 Å². The molecular formula is C9H5BrFNOS. The number of H-pyrrole nitrogens is 1. The van der Waals surface area contributed by atoms with E-state index in [4.69, 9.17) is 0 Å². The fourth-order valence-electron chi connectivity index (χ4n) is 1.12. The summed E-state index contributed by atoms with van der Waals surface area (Å²) >= 11 is 4.27. The number of hydrogen-bond acceptors (Lipinski definition) is 2. The minimum atomic E-state index is -0.345. The van der Waals surface area contributed by atoms with Crippen LogP contribution >= 0.6 is 27.3 Å². The number of rotatable bonds is 1. The van der Waals surface area contributed by atoms with Crippen molar-refractivity contribution in [2.24, 2.45) is 0 Å². The predicted octanol–water partition coefficient (Wildman–Crippen LogP) is 3.01. The maximum atomic E-state index is 13.3. The molecule has 0 bridgehead atoms. The van der Waals surface area contributed by atoms with Gasteiger partial charge < -0.3 is 4.98 Å². The Labute approximate surface area is 91.5 Å². The van der Waals surface area contributed by atoms with Gasteiger partial charge in [-0.3, -0.25) is 4.79 Å². The highest BCUT2D eigenvalue weighted by Crippen LogP contribution is 2.24. The number of thiazole rings is 1. The molecule has 0 fully saturated rings. The van der Waals surface area contributed by atoms with Crippen molar-refractivity contribution in [3.8, 4) is 11.3 Å². The molecule has 0 saturated heterocycles. The number of benzene rings is 1. The molecule has 0 amide bonds. The number of aromatic amines is 1. The molecule has 0 radical (unpaired) electrons. The van der Waals surface area contributed by atoms with Crippen LogP contribution in [0.25, 0.3) is 11.3 Å². The summed E-state index contributed by atoms with van der Waals surface area (Å²) in [6.45, 7) is 0. The van der Waals surface area contributed by atoms with Crippen LogP contribution in [0.1, 0.15) is 0 Å². The third-order valence-corrected chi connectivity index (χ3v) is 2.90. The van der Waals surface area contributed by atoms with Gasteiger partial charge in [-0.05, 0) is 18.2 Å². The lowest BCUT2D eigenvalue weighted by Crippen LogP contribution is -1.93. The molecule has 0 saturated carbocycles. The van der Waals surface area contributed by atoms with Crippen molar-refractivity contribution in [1.82, 2.24) is 4.98 Å². The third kappa shape index (κ3) is 1.78. The molecule has 0 atom stereocenters. The van der Waals surface area contributed by atoms with E-state index in [1.165, 1.54) is 6.07 Å². The molecule has 14 heavy (non-hydrogen) atoms. The minimum Gasteiger partial charge on any atom is -0.312 e. The SMILES string of the molecule is O=c1[nH]c(-c2cc(Br)ccc2F)cs1. The van der Waals surface area contributed by atoms with E-state index >= 15 is 0 Å². The maximum Gasteiger partial charge on any atom is 0.304 e. The van der Waals surface area contributed by atoms with Gasteiger partial charge in [0.1, 0.15) is 5.82 Å². The lowest BCUT2D eigenvalue weighted by Gasteiger charge is -1.99. The van der Waals surface area contributed by atoms with E-state index in [0.29, 0.717) is 11.3 Å². The summed E-state index contributed by atoms with van der Waals surface area (Å²) in [4.78, 5) is 13.3. The van der Waals surface area contributed by atoms with Crippen LogP contribution in [0.15, 0.2) is 32.8 Å². The number of halogens is 2. The molecule has 0 spiro atoms. The van der Waals surface area contributed by atoms with E-state index in [1.54, 1.807) is 17.5 Å². The van der Waals surface area contributed by atoms with E-state index < -0.39 is 0 Å². The Kier molecular flexibility index (Phi) is 2.52. The van der Waals surface area contributed by atoms with Crippen molar-refractivity contribution in [2.45, 2.75) is 0 Å². The van der Waals surface area contributed by atoms with Gasteiger partial charge in [0.25, 0.3) is 0 Å². The quantitative estimate of drug-likeness (QED) is 0.851. The van der Waals surface area contributed by atoms with Crippen LogP contribution in [-0.2, 0) is 0 Å². The Balaban J connectivity index is 2.61. The van der Waals surface area contributed by atoms with Gasteiger partial charge in [0.05, 0.1) is 5.69 Å². The Morgan fingerprint density at radius 2 is 2.21 bits per heavy atom. The van der Waals surface area contributed by atoms with Crippen LogP contribution in [-0.4, -0.2) is 4.98 Å². The summed E-state index contributed by atoms with van der Waals surface area (Å²) in [5.41, 5.74) is 0.913. The Bertz CT molecular complexity index is 520. The fourth-order valence-corrected chi connectivity index (χ4v) is 2.06. The van der Waals surface area contributed by atoms with Crippen LogP contribution in [0.3, 0.4) is 0 Å². The Morgan fingerprint density at radius 1 is 1.43 bits per heavy atom. The molecule has 72 valence electrons. The van der Waals surface area contributed by atoms with E-state index in [2.05, 4.69) is 20.9 Å². The topological polar surface area (TPSA) is 32.9 Å². The number of aromatic nitrogens is 1. The molecule has 1 heterocycles. The monoisotopic (exact) mass is 273 g/mol. The van der Waals surface area contributed by atoms with Gasteiger partial charge in [-0.2, -0.15) is 0 Å². The summed E-state index contributed by atoms with van der Waals surface area (Å²) in [7, 11) is 0. The molecule has 0 unspecified atom stereocenters. The highest BCUT2D eigenvalue weighted by molar-refractivity contribution is 9.10. The zero-order valence-electron chi connectivity index (χ0n) is 6.88. The summed E-state index contributed by atoms with van der Waals surface area (Å²) in [5, 5.41) is 1.60. The van der Waals surface area contributed by atoms with Crippen molar-refractivity contribution in [3.63, 3.8) is 0 Å². The van der Waals surface area contributed by atoms with E-state index in [1.807, 2.05) is 0 Å². The van der Waals surface area contributed by atoms with E-state index in [0.717, 1.165) is 15.8 Å². The van der Waals surface area contributed by atoms with Crippen molar-refractivity contribution < 1.29 is 4.39 Å². The highest BCUT2D eigenvalue weighted by atomic mass is 79.9. The minimum absolute atomic E-state index is 0.181. The van der Waals surface area contributed by atoms with Gasteiger partial charge in [0, 0.05) is 15.4 Å². The predicted molar refractivity (Wildman–Crippen MR) is 58.0 cm³/mol. The normalized spacial score (nSPS) is 10.4. The molecule has 2 rings (SSSR count). The largest absolute Gasteiger partial charge is 0.312 e. The first-order valence-corrected chi connectivity index (χ1v) is 5.47. The van der Waals surface area contributed by atoms with Crippen LogP contribution < -0.4 is 4.87 Å². The lowest BCUT2D eigenvalue weighted by atomic mass is 10.2. The molecule has 0 aliphatic heterocycles. The molecular weight excluding hydrogens is 269 g/mol. The number of nitrogens with one attached hydrogen (secondary N) is 1. The average molecular weight is 274 g/mol. The molecule has 1 aromatic heterocycles. The van der Waals surface area contributed by atoms with Gasteiger partial charge >= 0.3 is 4.87 Å². The van der Waals surface area contributed by atoms with Gasteiger partial charge in [-0.1, -0.05) is 27.3 Å². The number of hydrogen-bond donors (Lipinski definition) is 1. The summed E-state index contributed by atoms with van der Waals surface area (Å²) in [6.07, 6.45) is 0. The molecule has 0 aliphatic rings. The third-order valence-electron chi connectivity index (χ3n) is 1.74. The first kappa shape index (κ1) is 9.61. The first-order valence-electron chi connectivity index (χ1n) is 3.80. The molecule has 1 N–H and O–H groups in total. The van der Waals surface area contributed by atoms with Crippen LogP contribution in [0.5, 0.6) is 0 Å². The van der Waals surface area contributed by atoms with Crippen molar-refractivity contribution >= 4 is 27.3 Å². The van der Waals surface area contributed by atoms with E-state index in [9.17, 15) is 9.18 Å². The Hall–Kier alpha value is -0.940. The molecule has 2 nitrogen and oxygen atoms in total. The second-order valence-corrected chi connectivity index (χ2v) is 4.44. The molecule has 0 aliphatic carbocycles. The average Bonchev–Trinajstić information content (AvgIpc) is 2.56. The van der Waals surface area contributed by atoms with Crippen molar-refractivity contribution in [3.05, 3.63) is 43.5 Å². The summed E-state index contributed by atoms with van der Waals surface area (Å²) in [5.74, 6) is -0.345. The van der Waals surface area contributed by atoms with Gasteiger partial charge in [0.15, 0.2) is 0 Å². The smallest absolute Gasteiger partial charge is 0.304 e. The van der Waals surface area contributed by atoms with Crippen molar-refractivity contribution in [1.29, 1.82) is 0 Å². The van der Waals surface area contributed by atoms with Crippen LogP contribution in [0, 0.1) is 5.82 Å². The zero-order chi connectivity index (χ0) is 10.1. The molecule has 1 aromatic carbocycles. The molecule has 5 heteroatoms. The fraction of sp³-hybridized carbons (Fsp3) is 0. The van der Waals surface area contributed by atoms with Crippen LogP contribution in [0.2, 0.25) is 0 Å². The van der Waals surface area contributed by atoms with Gasteiger partial charge in [-0.15, -0.1) is 0 Å².